The van der Waals surface area contributed by atoms with Crippen molar-refractivity contribution in [2.45, 2.75) is 52.6 Å². The van der Waals surface area contributed by atoms with E-state index in [1.54, 1.807) is 0 Å². The molecular formula is C13H23N3O2. The molecule has 0 spiro atoms. The molecule has 18 heavy (non-hydrogen) atoms. The monoisotopic (exact) mass is 253 g/mol. The molecule has 5 heteroatoms. The Morgan fingerprint density at radius 2 is 2.28 bits per heavy atom. The summed E-state index contributed by atoms with van der Waals surface area (Å²) in [5.74, 6) is -0.730. The van der Waals surface area contributed by atoms with E-state index in [0.717, 1.165) is 25.2 Å². The van der Waals surface area contributed by atoms with Crippen LogP contribution < -0.4 is 5.32 Å². The topological polar surface area (TPSA) is 67.2 Å². The molecule has 0 radical (unpaired) electrons. The summed E-state index contributed by atoms with van der Waals surface area (Å²) in [6.45, 7) is 7.86. The first-order valence-corrected chi connectivity index (χ1v) is 6.45. The third-order valence-electron chi connectivity index (χ3n) is 2.93. The molecule has 1 heterocycles. The minimum absolute atomic E-state index is 0.228. The van der Waals surface area contributed by atoms with Crippen LogP contribution in [0.4, 0.5) is 0 Å². The first kappa shape index (κ1) is 14.7. The summed E-state index contributed by atoms with van der Waals surface area (Å²) in [6, 6.07) is 2.32. The summed E-state index contributed by atoms with van der Waals surface area (Å²) in [4.78, 5) is 10.4. The number of aryl methyl sites for hydroxylation is 3. The largest absolute Gasteiger partial charge is 0.481 e. The van der Waals surface area contributed by atoms with E-state index >= 15 is 0 Å². The zero-order valence-corrected chi connectivity index (χ0v) is 11.4. The lowest BCUT2D eigenvalue weighted by atomic mass is 10.2. The van der Waals surface area contributed by atoms with E-state index in [1.807, 2.05) is 18.5 Å². The van der Waals surface area contributed by atoms with Crippen LogP contribution in [0.2, 0.25) is 0 Å². The summed E-state index contributed by atoms with van der Waals surface area (Å²) in [5, 5.41) is 16.3. The molecule has 2 N–H and O–H groups in total. The molecule has 0 fully saturated rings. The van der Waals surface area contributed by atoms with Crippen LogP contribution >= 0.6 is 0 Å². The van der Waals surface area contributed by atoms with Gasteiger partial charge in [-0.2, -0.15) is 5.10 Å². The Bertz CT molecular complexity index is 388. The second-order valence-corrected chi connectivity index (χ2v) is 4.79. The number of nitrogens with zero attached hydrogens (tertiary/aromatic N) is 2. The minimum atomic E-state index is -0.730. The Morgan fingerprint density at radius 3 is 2.83 bits per heavy atom. The van der Waals surface area contributed by atoms with Crippen LogP contribution in [0.3, 0.4) is 0 Å². The fraction of sp³-hybridized carbons (Fsp3) is 0.692. The van der Waals surface area contributed by atoms with Crippen LogP contribution in [0.5, 0.6) is 0 Å². The predicted octanol–water partition coefficient (Wildman–Crippen LogP) is 1.73. The minimum Gasteiger partial charge on any atom is -0.481 e. The number of carboxylic acid groups (broad SMARTS) is 1. The molecule has 1 aromatic rings. The first-order chi connectivity index (χ1) is 8.49. The van der Waals surface area contributed by atoms with Crippen molar-refractivity contribution in [3.63, 3.8) is 0 Å². The van der Waals surface area contributed by atoms with Crippen LogP contribution in [0, 0.1) is 13.8 Å². The van der Waals surface area contributed by atoms with Gasteiger partial charge in [-0.3, -0.25) is 9.48 Å². The molecule has 1 aromatic heterocycles. The number of carbonyl (C=O) groups is 1. The number of aliphatic carboxylic acids is 1. The van der Waals surface area contributed by atoms with Crippen molar-refractivity contribution >= 4 is 5.97 Å². The highest BCUT2D eigenvalue weighted by Gasteiger charge is 2.05. The Hall–Kier alpha value is -1.36. The van der Waals surface area contributed by atoms with Crippen molar-refractivity contribution in [1.29, 1.82) is 0 Å². The SMILES string of the molecule is Cc1cc(C)n(CCCNC(C)CCC(=O)O)n1. The van der Waals surface area contributed by atoms with E-state index in [-0.39, 0.29) is 12.5 Å². The third-order valence-corrected chi connectivity index (χ3v) is 2.93. The lowest BCUT2D eigenvalue weighted by molar-refractivity contribution is -0.137. The van der Waals surface area contributed by atoms with Crippen LogP contribution in [0.15, 0.2) is 6.07 Å². The molecule has 5 nitrogen and oxygen atoms in total. The number of aromatic nitrogens is 2. The van der Waals surface area contributed by atoms with Gasteiger partial charge in [-0.25, -0.2) is 0 Å². The normalized spacial score (nSPS) is 12.6. The molecular weight excluding hydrogens is 230 g/mol. The Labute approximate surface area is 108 Å². The maximum absolute atomic E-state index is 10.4. The van der Waals surface area contributed by atoms with Crippen molar-refractivity contribution in [1.82, 2.24) is 15.1 Å². The molecule has 0 bridgehead atoms. The smallest absolute Gasteiger partial charge is 0.303 e. The van der Waals surface area contributed by atoms with Gasteiger partial charge in [-0.1, -0.05) is 0 Å². The lowest BCUT2D eigenvalue weighted by Gasteiger charge is -2.12. The molecule has 0 aliphatic heterocycles. The quantitative estimate of drug-likeness (QED) is 0.692. The van der Waals surface area contributed by atoms with Gasteiger partial charge in [-0.05, 0) is 46.2 Å². The van der Waals surface area contributed by atoms with Gasteiger partial charge in [0, 0.05) is 24.7 Å². The zero-order valence-electron chi connectivity index (χ0n) is 11.4. The average Bonchev–Trinajstić information content (AvgIpc) is 2.60. The van der Waals surface area contributed by atoms with Crippen LogP contribution in [0.1, 0.15) is 37.6 Å². The van der Waals surface area contributed by atoms with Gasteiger partial charge in [0.05, 0.1) is 5.69 Å². The molecule has 0 amide bonds. The van der Waals surface area contributed by atoms with Gasteiger partial charge in [0.25, 0.3) is 0 Å². The van der Waals surface area contributed by atoms with Gasteiger partial charge >= 0.3 is 5.97 Å². The summed E-state index contributed by atoms with van der Waals surface area (Å²) in [7, 11) is 0. The number of hydrogen-bond donors (Lipinski definition) is 2. The van der Waals surface area contributed by atoms with Crippen molar-refractivity contribution in [3.05, 3.63) is 17.5 Å². The zero-order chi connectivity index (χ0) is 13.5. The van der Waals surface area contributed by atoms with E-state index in [1.165, 1.54) is 5.69 Å². The van der Waals surface area contributed by atoms with Crippen LogP contribution in [-0.2, 0) is 11.3 Å². The average molecular weight is 253 g/mol. The number of rotatable bonds is 8. The molecule has 1 atom stereocenters. The van der Waals surface area contributed by atoms with Crippen molar-refractivity contribution in [3.8, 4) is 0 Å². The summed E-state index contributed by atoms with van der Waals surface area (Å²) in [6.07, 6.45) is 1.90. The van der Waals surface area contributed by atoms with Crippen molar-refractivity contribution in [2.75, 3.05) is 6.54 Å². The Balaban J connectivity index is 2.15. The maximum atomic E-state index is 10.4. The second kappa shape index (κ2) is 7.16. The molecule has 0 saturated heterocycles. The highest BCUT2D eigenvalue weighted by molar-refractivity contribution is 5.66. The molecule has 1 unspecified atom stereocenters. The van der Waals surface area contributed by atoms with Crippen LogP contribution in [0.25, 0.3) is 0 Å². The van der Waals surface area contributed by atoms with E-state index in [4.69, 9.17) is 5.11 Å². The van der Waals surface area contributed by atoms with Gasteiger partial charge < -0.3 is 10.4 Å². The van der Waals surface area contributed by atoms with E-state index in [0.29, 0.717) is 6.42 Å². The molecule has 0 saturated carbocycles. The molecule has 102 valence electrons. The molecule has 1 rings (SSSR count). The fourth-order valence-corrected chi connectivity index (χ4v) is 1.92. The number of carboxylic acids is 1. The highest BCUT2D eigenvalue weighted by Crippen LogP contribution is 2.02. The highest BCUT2D eigenvalue weighted by atomic mass is 16.4. The van der Waals surface area contributed by atoms with Crippen molar-refractivity contribution < 1.29 is 9.90 Å². The fourth-order valence-electron chi connectivity index (χ4n) is 1.92. The number of hydrogen-bond acceptors (Lipinski definition) is 3. The maximum Gasteiger partial charge on any atom is 0.303 e. The summed E-state index contributed by atoms with van der Waals surface area (Å²) >= 11 is 0. The van der Waals surface area contributed by atoms with E-state index in [9.17, 15) is 4.79 Å². The third kappa shape index (κ3) is 5.31. The Morgan fingerprint density at radius 1 is 1.56 bits per heavy atom. The molecule has 0 aliphatic carbocycles. The first-order valence-electron chi connectivity index (χ1n) is 6.45. The molecule has 0 aromatic carbocycles. The van der Waals surface area contributed by atoms with Crippen LogP contribution in [-0.4, -0.2) is 33.4 Å². The summed E-state index contributed by atoms with van der Waals surface area (Å²) < 4.78 is 2.01. The van der Waals surface area contributed by atoms with Gasteiger partial charge in [0.1, 0.15) is 0 Å². The van der Waals surface area contributed by atoms with Gasteiger partial charge in [0.15, 0.2) is 0 Å². The van der Waals surface area contributed by atoms with Gasteiger partial charge in [-0.15, -0.1) is 0 Å². The standard InChI is InChI=1S/C13H23N3O2/c1-10(5-6-13(17)18)14-7-4-8-16-12(3)9-11(2)15-16/h9-10,14H,4-8H2,1-3H3,(H,17,18). The molecule has 0 aliphatic rings. The predicted molar refractivity (Wildman–Crippen MR) is 70.7 cm³/mol. The summed E-state index contributed by atoms with van der Waals surface area (Å²) in [5.41, 5.74) is 2.24. The van der Waals surface area contributed by atoms with Crippen molar-refractivity contribution in [2.24, 2.45) is 0 Å². The van der Waals surface area contributed by atoms with E-state index < -0.39 is 5.97 Å². The lowest BCUT2D eigenvalue weighted by Crippen LogP contribution is -2.28. The second-order valence-electron chi connectivity index (χ2n) is 4.79. The van der Waals surface area contributed by atoms with E-state index in [2.05, 4.69) is 23.4 Å². The van der Waals surface area contributed by atoms with Gasteiger partial charge in [0.2, 0.25) is 0 Å². The number of nitrogens with one attached hydrogen (secondary N) is 1. The Kier molecular flexibility index (Phi) is 5.85.